The van der Waals surface area contributed by atoms with Crippen molar-refractivity contribution in [2.45, 2.75) is 12.5 Å². The van der Waals surface area contributed by atoms with Crippen LogP contribution in [-0.2, 0) is 16.0 Å². The number of aliphatic hydroxyl groups is 1. The minimum absolute atomic E-state index is 0.273. The first kappa shape index (κ1) is 23.9. The lowest BCUT2D eigenvalue weighted by Crippen LogP contribution is -2.32. The molecule has 0 radical (unpaired) electrons. The number of aliphatic hydroxyl groups excluding tert-OH is 1. The van der Waals surface area contributed by atoms with Crippen molar-refractivity contribution in [3.8, 4) is 11.5 Å². The molecule has 1 amide bonds. The monoisotopic (exact) mass is 473 g/mol. The molecule has 1 unspecified atom stereocenters. The first-order valence-corrected chi connectivity index (χ1v) is 11.2. The molecule has 1 heterocycles. The van der Waals surface area contributed by atoms with Gasteiger partial charge in [-0.2, -0.15) is 0 Å². The largest absolute Gasteiger partial charge is 0.503 e. The highest BCUT2D eigenvalue weighted by molar-refractivity contribution is 6.05. The average molecular weight is 474 g/mol. The molecule has 0 saturated carbocycles. The number of esters is 1. The molecule has 7 heteroatoms. The minimum atomic E-state index is -0.517. The Kier molecular flexibility index (Phi) is 7.06. The molecular weight excluding hydrogens is 446 g/mol. The summed E-state index contributed by atoms with van der Waals surface area (Å²) in [4.78, 5) is 26.8. The van der Waals surface area contributed by atoms with Gasteiger partial charge in [-0.25, -0.2) is 4.79 Å². The maximum Gasteiger partial charge on any atom is 0.337 e. The molecule has 4 rings (SSSR count). The molecule has 1 atom stereocenters. The van der Waals surface area contributed by atoms with Gasteiger partial charge in [0.15, 0.2) is 17.3 Å². The lowest BCUT2D eigenvalue weighted by atomic mass is 9.93. The highest BCUT2D eigenvalue weighted by atomic mass is 16.5. The van der Waals surface area contributed by atoms with Gasteiger partial charge in [-0.1, -0.05) is 48.5 Å². The summed E-state index contributed by atoms with van der Waals surface area (Å²) in [5, 5.41) is 10.9. The Labute approximate surface area is 204 Å². The lowest BCUT2D eigenvalue weighted by Gasteiger charge is -2.27. The molecule has 35 heavy (non-hydrogen) atoms. The van der Waals surface area contributed by atoms with E-state index in [-0.39, 0.29) is 5.76 Å². The highest BCUT2D eigenvalue weighted by Crippen LogP contribution is 2.43. The summed E-state index contributed by atoms with van der Waals surface area (Å²) in [5.74, 6) is 0.0874. The molecule has 1 N–H and O–H groups in total. The summed E-state index contributed by atoms with van der Waals surface area (Å²) in [6.07, 6.45) is 0.540. The number of hydrogen-bond acceptors (Lipinski definition) is 6. The zero-order valence-electron chi connectivity index (χ0n) is 19.9. The molecule has 180 valence electrons. The minimum Gasteiger partial charge on any atom is -0.503 e. The zero-order chi connectivity index (χ0) is 24.9. The standard InChI is InChI=1S/C28H27NO6/c1-33-22-14-9-18(17-23(22)34-2)15-16-29-25(20-10-12-21(13-11-20)28(32)35-3)24(26(30)27(29)31)19-7-5-4-6-8-19/h4-14,17,25,30H,15-16H2,1-3H3. The number of nitrogens with zero attached hydrogens (tertiary/aromatic N) is 1. The molecule has 0 aromatic heterocycles. The number of carbonyl (C=O) groups excluding carboxylic acids is 2. The van der Waals surface area contributed by atoms with E-state index in [1.165, 1.54) is 7.11 Å². The fraction of sp³-hybridized carbons (Fsp3) is 0.214. The number of benzene rings is 3. The van der Waals surface area contributed by atoms with E-state index in [0.29, 0.717) is 35.6 Å². The van der Waals surface area contributed by atoms with Gasteiger partial charge in [0.05, 0.1) is 32.9 Å². The predicted molar refractivity (Wildman–Crippen MR) is 131 cm³/mol. The molecular formula is C28H27NO6. The molecule has 0 aliphatic carbocycles. The van der Waals surface area contributed by atoms with Crippen molar-refractivity contribution in [1.29, 1.82) is 0 Å². The SMILES string of the molecule is COC(=O)c1ccc(C2C(c3ccccc3)=C(O)C(=O)N2CCc2ccc(OC)c(OC)c2)cc1. The third kappa shape index (κ3) is 4.71. The lowest BCUT2D eigenvalue weighted by molar-refractivity contribution is -0.129. The zero-order valence-corrected chi connectivity index (χ0v) is 19.9. The maximum atomic E-state index is 13.2. The van der Waals surface area contributed by atoms with Gasteiger partial charge in [0.1, 0.15) is 0 Å². The number of carbonyl (C=O) groups is 2. The Morgan fingerprint density at radius 1 is 0.914 bits per heavy atom. The van der Waals surface area contributed by atoms with Gasteiger partial charge < -0.3 is 24.2 Å². The van der Waals surface area contributed by atoms with Crippen LogP contribution in [0.2, 0.25) is 0 Å². The van der Waals surface area contributed by atoms with Gasteiger partial charge in [0.25, 0.3) is 5.91 Å². The van der Waals surface area contributed by atoms with Gasteiger partial charge >= 0.3 is 5.97 Å². The number of methoxy groups -OCH3 is 3. The third-order valence-electron chi connectivity index (χ3n) is 6.13. The molecule has 0 fully saturated rings. The van der Waals surface area contributed by atoms with Gasteiger partial charge in [-0.15, -0.1) is 0 Å². The molecule has 0 saturated heterocycles. The third-order valence-corrected chi connectivity index (χ3v) is 6.13. The van der Waals surface area contributed by atoms with Gasteiger partial charge in [0, 0.05) is 12.1 Å². The number of amides is 1. The molecule has 1 aliphatic heterocycles. The van der Waals surface area contributed by atoms with Gasteiger partial charge in [-0.05, 0) is 47.4 Å². The average Bonchev–Trinajstić information content (AvgIpc) is 3.16. The number of ether oxygens (including phenoxy) is 3. The Bertz CT molecular complexity index is 1250. The van der Waals surface area contributed by atoms with Crippen LogP contribution in [0.4, 0.5) is 0 Å². The highest BCUT2D eigenvalue weighted by Gasteiger charge is 2.40. The summed E-state index contributed by atoms with van der Waals surface area (Å²) >= 11 is 0. The van der Waals surface area contributed by atoms with E-state index in [4.69, 9.17) is 14.2 Å². The van der Waals surface area contributed by atoms with Crippen LogP contribution in [0.3, 0.4) is 0 Å². The number of rotatable bonds is 8. The van der Waals surface area contributed by atoms with E-state index < -0.39 is 17.9 Å². The van der Waals surface area contributed by atoms with E-state index in [9.17, 15) is 14.7 Å². The van der Waals surface area contributed by atoms with E-state index in [2.05, 4.69) is 0 Å². The molecule has 3 aromatic carbocycles. The first-order chi connectivity index (χ1) is 17.0. The van der Waals surface area contributed by atoms with Crippen LogP contribution in [0.1, 0.15) is 33.1 Å². The maximum absolute atomic E-state index is 13.2. The molecule has 0 spiro atoms. The fourth-order valence-corrected chi connectivity index (χ4v) is 4.35. The smallest absolute Gasteiger partial charge is 0.337 e. The van der Waals surface area contributed by atoms with Crippen molar-refractivity contribution in [3.63, 3.8) is 0 Å². The second-order valence-corrected chi connectivity index (χ2v) is 8.08. The Balaban J connectivity index is 1.69. The van der Waals surface area contributed by atoms with Gasteiger partial charge in [-0.3, -0.25) is 4.79 Å². The van der Waals surface area contributed by atoms with E-state index >= 15 is 0 Å². The van der Waals surface area contributed by atoms with Crippen LogP contribution in [0.25, 0.3) is 5.57 Å². The van der Waals surface area contributed by atoms with Crippen LogP contribution in [0.15, 0.2) is 78.6 Å². The van der Waals surface area contributed by atoms with E-state index in [0.717, 1.165) is 16.7 Å². The summed E-state index contributed by atoms with van der Waals surface area (Å²) in [7, 11) is 4.49. The predicted octanol–water partition coefficient (Wildman–Crippen LogP) is 4.59. The molecule has 1 aliphatic rings. The Morgan fingerprint density at radius 2 is 1.60 bits per heavy atom. The van der Waals surface area contributed by atoms with E-state index in [1.807, 2.05) is 48.5 Å². The number of hydrogen-bond donors (Lipinski definition) is 1. The normalized spacial score (nSPS) is 15.3. The van der Waals surface area contributed by atoms with Crippen molar-refractivity contribution in [3.05, 3.63) is 101 Å². The van der Waals surface area contributed by atoms with Crippen molar-refractivity contribution < 1.29 is 28.9 Å². The van der Waals surface area contributed by atoms with Crippen LogP contribution < -0.4 is 9.47 Å². The van der Waals surface area contributed by atoms with Crippen LogP contribution >= 0.6 is 0 Å². The van der Waals surface area contributed by atoms with E-state index in [1.54, 1.807) is 43.4 Å². The van der Waals surface area contributed by atoms with Crippen LogP contribution in [-0.4, -0.2) is 49.8 Å². The fourth-order valence-electron chi connectivity index (χ4n) is 4.35. The quantitative estimate of drug-likeness (QED) is 0.482. The summed E-state index contributed by atoms with van der Waals surface area (Å²) in [6.45, 7) is 0.359. The molecule has 3 aromatic rings. The van der Waals surface area contributed by atoms with Crippen LogP contribution in [0.5, 0.6) is 11.5 Å². The molecule has 7 nitrogen and oxygen atoms in total. The molecule has 0 bridgehead atoms. The second-order valence-electron chi connectivity index (χ2n) is 8.08. The summed E-state index contributed by atoms with van der Waals surface area (Å²) < 4.78 is 15.5. The first-order valence-electron chi connectivity index (χ1n) is 11.2. The van der Waals surface area contributed by atoms with Crippen molar-refractivity contribution in [1.82, 2.24) is 4.90 Å². The van der Waals surface area contributed by atoms with Crippen LogP contribution in [0, 0.1) is 0 Å². The van der Waals surface area contributed by atoms with Crippen molar-refractivity contribution in [2.75, 3.05) is 27.9 Å². The van der Waals surface area contributed by atoms with Gasteiger partial charge in [0.2, 0.25) is 0 Å². The van der Waals surface area contributed by atoms with Crippen molar-refractivity contribution in [2.24, 2.45) is 0 Å². The Hall–Kier alpha value is -4.26. The Morgan fingerprint density at radius 3 is 2.23 bits per heavy atom. The van der Waals surface area contributed by atoms with Crippen molar-refractivity contribution >= 4 is 17.4 Å². The topological polar surface area (TPSA) is 85.3 Å². The summed E-state index contributed by atoms with van der Waals surface area (Å²) in [6, 6.07) is 21.4. The summed E-state index contributed by atoms with van der Waals surface area (Å²) in [5.41, 5.74) is 3.44. The second kappa shape index (κ2) is 10.3.